The number of carbonyl (C=O) groups is 1. The molecule has 0 unspecified atom stereocenters. The highest BCUT2D eigenvalue weighted by molar-refractivity contribution is 6.06. The quantitative estimate of drug-likeness (QED) is 0.502. The molecule has 0 saturated carbocycles. The maximum Gasteiger partial charge on any atom is 0.278 e. The molecule has 0 aliphatic carbocycles. The van der Waals surface area contributed by atoms with E-state index in [-0.39, 0.29) is 12.3 Å². The smallest absolute Gasteiger partial charge is 0.278 e. The molecule has 0 spiro atoms. The van der Waals surface area contributed by atoms with Crippen LogP contribution in [-0.2, 0) is 6.54 Å². The van der Waals surface area contributed by atoms with E-state index in [2.05, 4.69) is 20.4 Å². The SMILES string of the molecule is Cc1cccc(-c2ocnc2C(=O)Nc2cnn(CCOc3ccc(F)cn3)c2)c1. The van der Waals surface area contributed by atoms with Crippen molar-refractivity contribution in [2.24, 2.45) is 0 Å². The lowest BCUT2D eigenvalue weighted by Crippen LogP contribution is -2.13. The van der Waals surface area contributed by atoms with Crippen LogP contribution in [0.3, 0.4) is 0 Å². The lowest BCUT2D eigenvalue weighted by atomic mass is 10.1. The van der Waals surface area contributed by atoms with E-state index < -0.39 is 11.7 Å². The van der Waals surface area contributed by atoms with E-state index in [9.17, 15) is 9.18 Å². The van der Waals surface area contributed by atoms with Gasteiger partial charge < -0.3 is 14.5 Å². The van der Waals surface area contributed by atoms with Crippen molar-refractivity contribution in [3.05, 3.63) is 78.5 Å². The topological polar surface area (TPSA) is 95.1 Å². The van der Waals surface area contributed by atoms with Crippen LogP contribution < -0.4 is 10.1 Å². The van der Waals surface area contributed by atoms with Gasteiger partial charge in [-0.2, -0.15) is 5.10 Å². The van der Waals surface area contributed by atoms with Gasteiger partial charge in [0, 0.05) is 17.8 Å². The summed E-state index contributed by atoms with van der Waals surface area (Å²) in [6.45, 7) is 2.67. The number of benzene rings is 1. The second-order valence-corrected chi connectivity index (χ2v) is 6.51. The van der Waals surface area contributed by atoms with Crippen LogP contribution in [0.25, 0.3) is 11.3 Å². The van der Waals surface area contributed by atoms with Crippen molar-refractivity contribution in [3.63, 3.8) is 0 Å². The molecule has 9 heteroatoms. The van der Waals surface area contributed by atoms with Gasteiger partial charge in [-0.05, 0) is 19.1 Å². The number of nitrogens with one attached hydrogen (secondary N) is 1. The molecule has 1 amide bonds. The summed E-state index contributed by atoms with van der Waals surface area (Å²) in [7, 11) is 0. The molecule has 3 aromatic heterocycles. The largest absolute Gasteiger partial charge is 0.476 e. The highest BCUT2D eigenvalue weighted by Gasteiger charge is 2.19. The molecule has 0 radical (unpaired) electrons. The number of ether oxygens (including phenoxy) is 1. The highest BCUT2D eigenvalue weighted by atomic mass is 19.1. The Morgan fingerprint density at radius 2 is 2.13 bits per heavy atom. The molecule has 4 aromatic rings. The number of pyridine rings is 1. The lowest BCUT2D eigenvalue weighted by molar-refractivity contribution is 0.102. The molecule has 0 saturated heterocycles. The maximum atomic E-state index is 12.8. The zero-order valence-corrected chi connectivity index (χ0v) is 16.1. The van der Waals surface area contributed by atoms with Gasteiger partial charge in [-0.3, -0.25) is 9.48 Å². The first-order valence-electron chi connectivity index (χ1n) is 9.17. The van der Waals surface area contributed by atoms with Crippen LogP contribution in [0.1, 0.15) is 16.1 Å². The van der Waals surface area contributed by atoms with Crippen LogP contribution >= 0.6 is 0 Å². The van der Waals surface area contributed by atoms with Crippen LogP contribution in [0.4, 0.5) is 10.1 Å². The third-order valence-corrected chi connectivity index (χ3v) is 4.22. The number of halogens is 1. The molecule has 0 bridgehead atoms. The third-order valence-electron chi connectivity index (χ3n) is 4.22. The number of anilines is 1. The molecule has 0 atom stereocenters. The summed E-state index contributed by atoms with van der Waals surface area (Å²) in [5.74, 6) is -0.0883. The molecule has 1 N–H and O–H groups in total. The summed E-state index contributed by atoms with van der Waals surface area (Å²) in [5, 5.41) is 6.95. The van der Waals surface area contributed by atoms with Gasteiger partial charge in [0.05, 0.1) is 24.6 Å². The standard InChI is InChI=1S/C21H18FN5O3/c1-14-3-2-4-15(9-14)20-19(24-13-30-20)21(28)26-17-11-25-27(12-17)7-8-29-18-6-5-16(22)10-23-18/h2-6,9-13H,7-8H2,1H3,(H,26,28). The average molecular weight is 407 g/mol. The Kier molecular flexibility index (Phi) is 5.51. The number of hydrogen-bond donors (Lipinski definition) is 1. The monoisotopic (exact) mass is 407 g/mol. The van der Waals surface area contributed by atoms with Crippen molar-refractivity contribution in [1.82, 2.24) is 19.7 Å². The van der Waals surface area contributed by atoms with Crippen LogP contribution in [0.15, 0.2) is 65.8 Å². The van der Waals surface area contributed by atoms with E-state index in [1.54, 1.807) is 10.9 Å². The van der Waals surface area contributed by atoms with E-state index >= 15 is 0 Å². The fraction of sp³-hybridized carbons (Fsp3) is 0.143. The molecule has 0 aliphatic rings. The van der Waals surface area contributed by atoms with Crippen molar-refractivity contribution in [3.8, 4) is 17.2 Å². The number of aromatic nitrogens is 4. The minimum Gasteiger partial charge on any atom is -0.476 e. The van der Waals surface area contributed by atoms with Gasteiger partial charge in [-0.25, -0.2) is 14.4 Å². The highest BCUT2D eigenvalue weighted by Crippen LogP contribution is 2.24. The molecule has 8 nitrogen and oxygen atoms in total. The summed E-state index contributed by atoms with van der Waals surface area (Å²) in [4.78, 5) is 20.5. The van der Waals surface area contributed by atoms with Crippen molar-refractivity contribution < 1.29 is 18.3 Å². The number of amides is 1. The molecular formula is C21H18FN5O3. The van der Waals surface area contributed by atoms with Gasteiger partial charge in [0.2, 0.25) is 5.88 Å². The first-order chi connectivity index (χ1) is 14.6. The minimum atomic E-state index is -0.424. The Morgan fingerprint density at radius 3 is 2.93 bits per heavy atom. The fourth-order valence-electron chi connectivity index (χ4n) is 2.83. The molecule has 152 valence electrons. The Bertz CT molecular complexity index is 1150. The first kappa shape index (κ1) is 19.3. The Hall–Kier alpha value is -4.01. The zero-order chi connectivity index (χ0) is 20.9. The molecule has 3 heterocycles. The van der Waals surface area contributed by atoms with Gasteiger partial charge in [0.1, 0.15) is 12.4 Å². The summed E-state index contributed by atoms with van der Waals surface area (Å²) >= 11 is 0. The predicted octanol–water partition coefficient (Wildman–Crippen LogP) is 3.71. The summed E-state index contributed by atoms with van der Waals surface area (Å²) in [6.07, 6.45) is 5.54. The van der Waals surface area contributed by atoms with Gasteiger partial charge in [-0.15, -0.1) is 0 Å². The number of oxazole rings is 1. The average Bonchev–Trinajstić information content (AvgIpc) is 3.39. The summed E-state index contributed by atoms with van der Waals surface area (Å²) in [6, 6.07) is 10.4. The van der Waals surface area contributed by atoms with Gasteiger partial charge in [0.25, 0.3) is 5.91 Å². The third kappa shape index (κ3) is 4.52. The number of aryl methyl sites for hydroxylation is 1. The van der Waals surface area contributed by atoms with E-state index in [4.69, 9.17) is 9.15 Å². The van der Waals surface area contributed by atoms with Gasteiger partial charge >= 0.3 is 0 Å². The van der Waals surface area contributed by atoms with Crippen molar-refractivity contribution in [2.75, 3.05) is 11.9 Å². The fourth-order valence-corrected chi connectivity index (χ4v) is 2.83. The lowest BCUT2D eigenvalue weighted by Gasteiger charge is -2.05. The molecule has 0 fully saturated rings. The Labute approximate surface area is 171 Å². The number of hydrogen-bond acceptors (Lipinski definition) is 6. The molecule has 30 heavy (non-hydrogen) atoms. The van der Waals surface area contributed by atoms with Gasteiger partial charge in [-0.1, -0.05) is 23.8 Å². The Morgan fingerprint density at radius 1 is 1.23 bits per heavy atom. The first-order valence-corrected chi connectivity index (χ1v) is 9.17. The Balaban J connectivity index is 1.36. The number of carbonyl (C=O) groups excluding carboxylic acids is 1. The van der Waals surface area contributed by atoms with E-state index in [1.807, 2.05) is 31.2 Å². The zero-order valence-electron chi connectivity index (χ0n) is 16.1. The van der Waals surface area contributed by atoms with Crippen LogP contribution in [-0.4, -0.2) is 32.3 Å². The van der Waals surface area contributed by atoms with Gasteiger partial charge in [0.15, 0.2) is 17.8 Å². The molecule has 0 aliphatic heterocycles. The summed E-state index contributed by atoms with van der Waals surface area (Å²) < 4.78 is 25.3. The number of nitrogens with zero attached hydrogens (tertiary/aromatic N) is 4. The molecule has 4 rings (SSSR count). The number of rotatable bonds is 7. The second-order valence-electron chi connectivity index (χ2n) is 6.51. The maximum absolute atomic E-state index is 12.8. The van der Waals surface area contributed by atoms with E-state index in [0.717, 1.165) is 17.3 Å². The van der Waals surface area contributed by atoms with Crippen molar-refractivity contribution >= 4 is 11.6 Å². The van der Waals surface area contributed by atoms with Crippen LogP contribution in [0.5, 0.6) is 5.88 Å². The predicted molar refractivity (Wildman–Crippen MR) is 107 cm³/mol. The minimum absolute atomic E-state index is 0.194. The molecular weight excluding hydrogens is 389 g/mol. The summed E-state index contributed by atoms with van der Waals surface area (Å²) in [5.41, 5.74) is 2.53. The normalized spacial score (nSPS) is 10.7. The van der Waals surface area contributed by atoms with Crippen molar-refractivity contribution in [2.45, 2.75) is 13.5 Å². The van der Waals surface area contributed by atoms with Crippen LogP contribution in [0.2, 0.25) is 0 Å². The molecule has 1 aromatic carbocycles. The van der Waals surface area contributed by atoms with Crippen molar-refractivity contribution in [1.29, 1.82) is 0 Å². The van der Waals surface area contributed by atoms with Crippen LogP contribution in [0, 0.1) is 12.7 Å². The second kappa shape index (κ2) is 8.56. The van der Waals surface area contributed by atoms with E-state index in [1.165, 1.54) is 24.7 Å². The van der Waals surface area contributed by atoms with E-state index in [0.29, 0.717) is 23.9 Å².